The predicted molar refractivity (Wildman–Crippen MR) is 79.9 cm³/mol. The molecular formula is C13H17N3O2S2. The fraction of sp³-hybridized carbons (Fsp3) is 0.308. The van der Waals surface area contributed by atoms with Gasteiger partial charge in [0.25, 0.3) is 0 Å². The predicted octanol–water partition coefficient (Wildman–Crippen LogP) is 1.70. The van der Waals surface area contributed by atoms with Crippen LogP contribution < -0.4 is 10.5 Å². The Hall–Kier alpha value is -1.28. The number of benzene rings is 1. The molecular weight excluding hydrogens is 294 g/mol. The summed E-state index contributed by atoms with van der Waals surface area (Å²) in [6.45, 7) is 4.17. The lowest BCUT2D eigenvalue weighted by Crippen LogP contribution is -2.24. The minimum atomic E-state index is -3.55. The highest BCUT2D eigenvalue weighted by Gasteiger charge is 2.18. The largest absolute Gasteiger partial charge is 0.326 e. The van der Waals surface area contributed by atoms with Crippen molar-refractivity contribution in [2.45, 2.75) is 31.8 Å². The first kappa shape index (κ1) is 15.1. The summed E-state index contributed by atoms with van der Waals surface area (Å²) in [7, 11) is -3.55. The molecule has 0 saturated carbocycles. The lowest BCUT2D eigenvalue weighted by Gasteiger charge is -2.11. The van der Waals surface area contributed by atoms with Gasteiger partial charge in [-0.3, -0.25) is 0 Å². The molecule has 0 bridgehead atoms. The Balaban J connectivity index is 2.22. The highest BCUT2D eigenvalue weighted by atomic mass is 32.2. The number of rotatable bonds is 5. The van der Waals surface area contributed by atoms with Crippen LogP contribution in [0.15, 0.2) is 28.5 Å². The minimum Gasteiger partial charge on any atom is -0.326 e. The first-order valence-electron chi connectivity index (χ1n) is 6.13. The van der Waals surface area contributed by atoms with Crippen molar-refractivity contribution in [2.24, 2.45) is 5.73 Å². The molecule has 108 valence electrons. The van der Waals surface area contributed by atoms with Crippen molar-refractivity contribution in [1.29, 1.82) is 0 Å². The zero-order valence-electron chi connectivity index (χ0n) is 11.4. The van der Waals surface area contributed by atoms with Crippen molar-refractivity contribution in [1.82, 2.24) is 9.71 Å². The van der Waals surface area contributed by atoms with Crippen LogP contribution >= 0.6 is 11.3 Å². The molecule has 0 aliphatic heterocycles. The zero-order valence-corrected chi connectivity index (χ0v) is 13.0. The number of nitrogens with zero attached hydrogens (tertiary/aromatic N) is 1. The first-order chi connectivity index (χ1) is 9.44. The number of sulfonamides is 1. The van der Waals surface area contributed by atoms with Gasteiger partial charge in [0.1, 0.15) is 5.01 Å². The van der Waals surface area contributed by atoms with Gasteiger partial charge in [0.2, 0.25) is 10.0 Å². The van der Waals surface area contributed by atoms with E-state index in [9.17, 15) is 8.42 Å². The second-order valence-corrected chi connectivity index (χ2v) is 7.13. The first-order valence-corrected chi connectivity index (χ1v) is 8.49. The molecule has 3 N–H and O–H groups in total. The van der Waals surface area contributed by atoms with Gasteiger partial charge in [-0.15, -0.1) is 11.3 Å². The quantitative estimate of drug-likeness (QED) is 0.880. The normalized spacial score (nSPS) is 11.8. The summed E-state index contributed by atoms with van der Waals surface area (Å²) < 4.78 is 27.2. The molecule has 1 heterocycles. The molecule has 0 amide bonds. The summed E-state index contributed by atoms with van der Waals surface area (Å²) in [6, 6.07) is 5.12. The van der Waals surface area contributed by atoms with Crippen LogP contribution in [0.3, 0.4) is 0 Å². The number of aromatic nitrogens is 1. The number of nitrogens with one attached hydrogen (secondary N) is 1. The molecule has 5 nitrogen and oxygen atoms in total. The Morgan fingerprint density at radius 3 is 2.70 bits per heavy atom. The molecule has 0 saturated heterocycles. The Bertz CT molecular complexity index is 708. The monoisotopic (exact) mass is 311 g/mol. The third-order valence-corrected chi connectivity index (χ3v) is 5.50. The Morgan fingerprint density at radius 2 is 2.10 bits per heavy atom. The highest BCUT2D eigenvalue weighted by Crippen LogP contribution is 2.19. The SMILES string of the molecule is Cc1csc(CNS(=O)(=O)c2cccc(CN)c2C)n1. The van der Waals surface area contributed by atoms with Crippen LogP contribution in [0.5, 0.6) is 0 Å². The van der Waals surface area contributed by atoms with Crippen molar-refractivity contribution in [2.75, 3.05) is 0 Å². The maximum absolute atomic E-state index is 12.3. The molecule has 0 fully saturated rings. The number of hydrogen-bond donors (Lipinski definition) is 2. The van der Waals surface area contributed by atoms with Gasteiger partial charge in [-0.25, -0.2) is 18.1 Å². The highest BCUT2D eigenvalue weighted by molar-refractivity contribution is 7.89. The second-order valence-electron chi connectivity index (χ2n) is 4.45. The number of aryl methyl sites for hydroxylation is 1. The van der Waals surface area contributed by atoms with Crippen LogP contribution in [0, 0.1) is 13.8 Å². The van der Waals surface area contributed by atoms with E-state index >= 15 is 0 Å². The van der Waals surface area contributed by atoms with E-state index in [0.717, 1.165) is 16.3 Å². The molecule has 2 aromatic rings. The van der Waals surface area contributed by atoms with Gasteiger partial charge >= 0.3 is 0 Å². The van der Waals surface area contributed by atoms with Crippen molar-refractivity contribution in [3.63, 3.8) is 0 Å². The van der Waals surface area contributed by atoms with Crippen molar-refractivity contribution >= 4 is 21.4 Å². The van der Waals surface area contributed by atoms with E-state index in [0.29, 0.717) is 12.1 Å². The average molecular weight is 311 g/mol. The van der Waals surface area contributed by atoms with E-state index in [-0.39, 0.29) is 11.4 Å². The van der Waals surface area contributed by atoms with Gasteiger partial charge in [0.05, 0.1) is 11.4 Å². The summed E-state index contributed by atoms with van der Waals surface area (Å²) >= 11 is 1.44. The van der Waals surface area contributed by atoms with Crippen molar-refractivity contribution < 1.29 is 8.42 Å². The molecule has 0 spiro atoms. The van der Waals surface area contributed by atoms with E-state index in [4.69, 9.17) is 5.73 Å². The summed E-state index contributed by atoms with van der Waals surface area (Å²) in [5, 5.41) is 2.64. The van der Waals surface area contributed by atoms with Gasteiger partial charge in [-0.05, 0) is 31.0 Å². The lowest BCUT2D eigenvalue weighted by molar-refractivity contribution is 0.580. The topological polar surface area (TPSA) is 85.1 Å². The second kappa shape index (κ2) is 6.01. The molecule has 0 radical (unpaired) electrons. The molecule has 0 atom stereocenters. The molecule has 0 aliphatic carbocycles. The summed E-state index contributed by atoms with van der Waals surface area (Å²) in [5.74, 6) is 0. The Labute approximate surface area is 122 Å². The minimum absolute atomic E-state index is 0.202. The van der Waals surface area contributed by atoms with Crippen LogP contribution in [0.1, 0.15) is 21.8 Å². The molecule has 20 heavy (non-hydrogen) atoms. The van der Waals surface area contributed by atoms with E-state index < -0.39 is 10.0 Å². The van der Waals surface area contributed by atoms with Crippen LogP contribution in [-0.4, -0.2) is 13.4 Å². The third-order valence-electron chi connectivity index (χ3n) is 2.99. The summed E-state index contributed by atoms with van der Waals surface area (Å²) in [4.78, 5) is 4.51. The van der Waals surface area contributed by atoms with Gasteiger partial charge in [-0.2, -0.15) is 0 Å². The van der Waals surface area contributed by atoms with Gasteiger partial charge < -0.3 is 5.73 Å². The van der Waals surface area contributed by atoms with Crippen molar-refractivity contribution in [3.05, 3.63) is 45.4 Å². The van der Waals surface area contributed by atoms with Crippen LogP contribution in [0.2, 0.25) is 0 Å². The van der Waals surface area contributed by atoms with E-state index in [2.05, 4.69) is 9.71 Å². The molecule has 1 aromatic heterocycles. The van der Waals surface area contributed by atoms with Crippen LogP contribution in [-0.2, 0) is 23.1 Å². The Kier molecular flexibility index (Phi) is 4.54. The Morgan fingerprint density at radius 1 is 1.35 bits per heavy atom. The molecule has 2 rings (SSSR count). The fourth-order valence-corrected chi connectivity index (χ4v) is 3.97. The summed E-state index contributed by atoms with van der Waals surface area (Å²) in [6.07, 6.45) is 0. The fourth-order valence-electron chi connectivity index (χ4n) is 1.89. The molecule has 7 heteroatoms. The van der Waals surface area contributed by atoms with Crippen LogP contribution in [0.4, 0.5) is 0 Å². The number of thiazole rings is 1. The number of hydrogen-bond acceptors (Lipinski definition) is 5. The maximum atomic E-state index is 12.3. The molecule has 0 aliphatic rings. The third kappa shape index (κ3) is 3.24. The smallest absolute Gasteiger partial charge is 0.241 e. The lowest BCUT2D eigenvalue weighted by atomic mass is 10.1. The van der Waals surface area contributed by atoms with E-state index in [1.807, 2.05) is 18.4 Å². The van der Waals surface area contributed by atoms with Crippen molar-refractivity contribution in [3.8, 4) is 0 Å². The maximum Gasteiger partial charge on any atom is 0.241 e. The van der Waals surface area contributed by atoms with E-state index in [1.54, 1.807) is 19.1 Å². The van der Waals surface area contributed by atoms with Crippen LogP contribution in [0.25, 0.3) is 0 Å². The standard InChI is InChI=1S/C13H17N3O2S2/c1-9-8-19-13(16-9)7-15-20(17,18)12-5-3-4-11(6-14)10(12)2/h3-5,8,15H,6-7,14H2,1-2H3. The number of nitrogens with two attached hydrogens (primary N) is 1. The zero-order chi connectivity index (χ0) is 14.8. The summed E-state index contributed by atoms with van der Waals surface area (Å²) in [5.41, 5.74) is 8.02. The average Bonchev–Trinajstić information content (AvgIpc) is 2.82. The molecule has 1 aromatic carbocycles. The molecule has 0 unspecified atom stereocenters. The van der Waals surface area contributed by atoms with Gasteiger partial charge in [-0.1, -0.05) is 12.1 Å². The van der Waals surface area contributed by atoms with E-state index in [1.165, 1.54) is 11.3 Å². The van der Waals surface area contributed by atoms with Gasteiger partial charge in [0, 0.05) is 17.6 Å². The van der Waals surface area contributed by atoms with Gasteiger partial charge in [0.15, 0.2) is 0 Å².